The number of hydrogen-bond acceptors (Lipinski definition) is 4. The van der Waals surface area contributed by atoms with Gasteiger partial charge in [0.1, 0.15) is 12.7 Å². The first-order valence-corrected chi connectivity index (χ1v) is 6.48. The van der Waals surface area contributed by atoms with Gasteiger partial charge in [0, 0.05) is 4.47 Å². The predicted molar refractivity (Wildman–Crippen MR) is 60.7 cm³/mol. The minimum atomic E-state index is -3.59. The quantitative estimate of drug-likeness (QED) is 0.916. The molecule has 1 N–H and O–H groups in total. The molecule has 0 bridgehead atoms. The Morgan fingerprint density at radius 2 is 1.69 bits per heavy atom. The van der Waals surface area contributed by atoms with Crippen LogP contribution in [0.1, 0.15) is 0 Å². The first-order chi connectivity index (χ1) is 7.58. The number of sulfonamides is 1. The van der Waals surface area contributed by atoms with Crippen LogP contribution >= 0.6 is 15.9 Å². The van der Waals surface area contributed by atoms with Gasteiger partial charge in [-0.25, -0.2) is 9.51 Å². The minimum absolute atomic E-state index is 0.171. The minimum Gasteiger partial charge on any atom is -0.221 e. The summed E-state index contributed by atoms with van der Waals surface area (Å²) in [5, 5.41) is 6.99. The molecule has 1 heterocycles. The molecule has 0 amide bonds. The summed E-state index contributed by atoms with van der Waals surface area (Å²) in [6.45, 7) is 0. The lowest BCUT2D eigenvalue weighted by Gasteiger charge is -2.07. The Kier molecular flexibility index (Phi) is 2.92. The standard InChI is InChI=1S/C8H7BrN4O2S/c9-7-1-3-8(4-2-7)16(14,15)12-13-5-10-11-6-13/h1-6,12H. The van der Waals surface area contributed by atoms with Gasteiger partial charge in [0.2, 0.25) is 0 Å². The highest BCUT2D eigenvalue weighted by atomic mass is 79.9. The van der Waals surface area contributed by atoms with Gasteiger partial charge in [0.25, 0.3) is 10.0 Å². The molecule has 6 nitrogen and oxygen atoms in total. The molecule has 0 aliphatic heterocycles. The number of rotatable bonds is 3. The number of benzene rings is 1. The van der Waals surface area contributed by atoms with E-state index in [2.05, 4.69) is 31.0 Å². The van der Waals surface area contributed by atoms with Gasteiger partial charge in [-0.15, -0.1) is 10.2 Å². The average Bonchev–Trinajstić information content (AvgIpc) is 2.70. The molecule has 0 fully saturated rings. The molecule has 8 heteroatoms. The average molecular weight is 303 g/mol. The Morgan fingerprint density at radius 3 is 2.25 bits per heavy atom. The summed E-state index contributed by atoms with van der Waals surface area (Å²) < 4.78 is 25.6. The van der Waals surface area contributed by atoms with Crippen molar-refractivity contribution in [3.8, 4) is 0 Å². The van der Waals surface area contributed by atoms with E-state index in [1.165, 1.54) is 24.8 Å². The van der Waals surface area contributed by atoms with Crippen LogP contribution in [0.5, 0.6) is 0 Å². The second kappa shape index (κ2) is 4.22. The zero-order valence-electron chi connectivity index (χ0n) is 7.91. The van der Waals surface area contributed by atoms with Gasteiger partial charge in [-0.05, 0) is 24.3 Å². The van der Waals surface area contributed by atoms with Gasteiger partial charge in [-0.3, -0.25) is 0 Å². The maximum atomic E-state index is 11.8. The van der Waals surface area contributed by atoms with Crippen molar-refractivity contribution >= 4 is 26.0 Å². The molecule has 0 radical (unpaired) electrons. The van der Waals surface area contributed by atoms with Crippen LogP contribution in [0.25, 0.3) is 0 Å². The van der Waals surface area contributed by atoms with E-state index in [0.29, 0.717) is 0 Å². The summed E-state index contributed by atoms with van der Waals surface area (Å²) in [5.74, 6) is 0. The molecule has 0 unspecified atom stereocenters. The fraction of sp³-hybridized carbons (Fsp3) is 0. The van der Waals surface area contributed by atoms with E-state index in [1.54, 1.807) is 12.1 Å². The largest absolute Gasteiger partial charge is 0.275 e. The third kappa shape index (κ3) is 2.39. The van der Waals surface area contributed by atoms with Crippen molar-refractivity contribution in [2.45, 2.75) is 4.90 Å². The fourth-order valence-corrected chi connectivity index (χ4v) is 2.29. The van der Waals surface area contributed by atoms with Gasteiger partial charge in [0.05, 0.1) is 4.90 Å². The molecule has 0 aliphatic carbocycles. The molecule has 0 atom stereocenters. The molecular formula is C8H7BrN4O2S. The molecule has 0 aliphatic rings. The smallest absolute Gasteiger partial charge is 0.221 e. The first kappa shape index (κ1) is 11.1. The summed E-state index contributed by atoms with van der Waals surface area (Å²) in [6, 6.07) is 6.30. The number of aromatic nitrogens is 3. The Morgan fingerprint density at radius 1 is 1.12 bits per heavy atom. The van der Waals surface area contributed by atoms with Crippen LogP contribution in [0.3, 0.4) is 0 Å². The van der Waals surface area contributed by atoms with Gasteiger partial charge >= 0.3 is 0 Å². The number of nitrogens with one attached hydrogen (secondary N) is 1. The Bertz CT molecular complexity index is 565. The van der Waals surface area contributed by atoms with Crippen LogP contribution in [-0.4, -0.2) is 23.3 Å². The fourth-order valence-electron chi connectivity index (χ4n) is 1.05. The number of halogens is 1. The Labute approximate surface area is 100 Å². The lowest BCUT2D eigenvalue weighted by Crippen LogP contribution is -2.21. The van der Waals surface area contributed by atoms with Crippen molar-refractivity contribution in [3.05, 3.63) is 41.4 Å². The van der Waals surface area contributed by atoms with Crippen molar-refractivity contribution in [2.75, 3.05) is 4.83 Å². The molecule has 84 valence electrons. The van der Waals surface area contributed by atoms with E-state index in [-0.39, 0.29) is 4.90 Å². The predicted octanol–water partition coefficient (Wildman–Crippen LogP) is 0.973. The van der Waals surface area contributed by atoms with Crippen molar-refractivity contribution in [1.82, 2.24) is 14.9 Å². The summed E-state index contributed by atoms with van der Waals surface area (Å²) in [6.07, 6.45) is 2.52. The zero-order chi connectivity index (χ0) is 11.6. The van der Waals surface area contributed by atoms with Crippen LogP contribution < -0.4 is 4.83 Å². The van der Waals surface area contributed by atoms with Crippen molar-refractivity contribution < 1.29 is 8.42 Å². The highest BCUT2D eigenvalue weighted by Crippen LogP contribution is 2.14. The lowest BCUT2D eigenvalue weighted by atomic mass is 10.4. The summed E-state index contributed by atoms with van der Waals surface area (Å²) in [5.41, 5.74) is 0. The number of nitrogens with zero attached hydrogens (tertiary/aromatic N) is 3. The topological polar surface area (TPSA) is 76.9 Å². The third-order valence-corrected chi connectivity index (χ3v) is 3.64. The Hall–Kier alpha value is -1.41. The van der Waals surface area contributed by atoms with Crippen LogP contribution in [0, 0.1) is 0 Å². The Balaban J connectivity index is 2.29. The van der Waals surface area contributed by atoms with E-state index in [4.69, 9.17) is 0 Å². The second-order valence-corrected chi connectivity index (χ2v) is 5.49. The molecule has 1 aromatic carbocycles. The van der Waals surface area contributed by atoms with Gasteiger partial charge in [0.15, 0.2) is 0 Å². The van der Waals surface area contributed by atoms with E-state index in [0.717, 1.165) is 9.15 Å². The molecule has 0 saturated carbocycles. The highest BCUT2D eigenvalue weighted by Gasteiger charge is 2.13. The van der Waals surface area contributed by atoms with Crippen LogP contribution in [0.2, 0.25) is 0 Å². The summed E-state index contributed by atoms with van der Waals surface area (Å²) in [4.78, 5) is 2.45. The molecule has 16 heavy (non-hydrogen) atoms. The van der Waals surface area contributed by atoms with Crippen molar-refractivity contribution in [2.24, 2.45) is 0 Å². The van der Waals surface area contributed by atoms with Crippen LogP contribution in [0.4, 0.5) is 0 Å². The zero-order valence-corrected chi connectivity index (χ0v) is 10.3. The van der Waals surface area contributed by atoms with Gasteiger partial charge in [-0.1, -0.05) is 15.9 Å². The molecule has 2 rings (SSSR count). The first-order valence-electron chi connectivity index (χ1n) is 4.21. The molecule has 0 saturated heterocycles. The summed E-state index contributed by atoms with van der Waals surface area (Å²) in [7, 11) is -3.59. The van der Waals surface area contributed by atoms with Gasteiger partial charge < -0.3 is 0 Å². The summed E-state index contributed by atoms with van der Waals surface area (Å²) >= 11 is 3.23. The molecule has 2 aromatic rings. The van der Waals surface area contributed by atoms with Crippen molar-refractivity contribution in [3.63, 3.8) is 0 Å². The maximum absolute atomic E-state index is 11.8. The van der Waals surface area contributed by atoms with E-state index >= 15 is 0 Å². The SMILES string of the molecule is O=S(=O)(Nn1cnnc1)c1ccc(Br)cc1. The second-order valence-electron chi connectivity index (χ2n) is 2.92. The maximum Gasteiger partial charge on any atom is 0.275 e. The molecule has 0 spiro atoms. The van der Waals surface area contributed by atoms with E-state index < -0.39 is 10.0 Å². The normalized spacial score (nSPS) is 11.3. The van der Waals surface area contributed by atoms with Crippen LogP contribution in [0.15, 0.2) is 46.3 Å². The van der Waals surface area contributed by atoms with E-state index in [9.17, 15) is 8.42 Å². The van der Waals surface area contributed by atoms with Crippen LogP contribution in [-0.2, 0) is 10.0 Å². The highest BCUT2D eigenvalue weighted by molar-refractivity contribution is 9.10. The lowest BCUT2D eigenvalue weighted by molar-refractivity contribution is 0.595. The van der Waals surface area contributed by atoms with Gasteiger partial charge in [-0.2, -0.15) is 8.42 Å². The van der Waals surface area contributed by atoms with E-state index in [1.807, 2.05) is 0 Å². The molecular weight excluding hydrogens is 296 g/mol. The van der Waals surface area contributed by atoms with Crippen molar-refractivity contribution in [1.29, 1.82) is 0 Å². The molecule has 1 aromatic heterocycles. The monoisotopic (exact) mass is 302 g/mol. The number of hydrogen-bond donors (Lipinski definition) is 1. The third-order valence-electron chi connectivity index (χ3n) is 1.77.